The van der Waals surface area contributed by atoms with E-state index in [0.29, 0.717) is 10.9 Å². The van der Waals surface area contributed by atoms with Gasteiger partial charge in [-0.3, -0.25) is 9.89 Å². The van der Waals surface area contributed by atoms with Crippen molar-refractivity contribution in [2.45, 2.75) is 67.5 Å². The lowest BCUT2D eigenvalue weighted by atomic mass is 9.95. The van der Waals surface area contributed by atoms with Crippen molar-refractivity contribution >= 4 is 29.0 Å². The lowest BCUT2D eigenvalue weighted by molar-refractivity contribution is 0.0922. The van der Waals surface area contributed by atoms with Crippen LogP contribution in [-0.4, -0.2) is 32.4 Å². The minimum absolute atomic E-state index is 0.000973. The maximum absolute atomic E-state index is 12.5. The van der Waals surface area contributed by atoms with Crippen LogP contribution in [0.1, 0.15) is 59.5 Å². The molecule has 2 aromatic heterocycles. The summed E-state index contributed by atoms with van der Waals surface area (Å²) in [5, 5.41) is 13.2. The summed E-state index contributed by atoms with van der Waals surface area (Å²) in [5.74, 6) is 0.000973. The van der Waals surface area contributed by atoms with Crippen LogP contribution in [-0.2, 0) is 12.8 Å². The van der Waals surface area contributed by atoms with Gasteiger partial charge in [-0.05, 0) is 51.9 Å². The van der Waals surface area contributed by atoms with E-state index in [1.165, 1.54) is 4.34 Å². The number of amides is 1. The number of rotatable bonds is 4. The quantitative estimate of drug-likeness (QED) is 0.873. The van der Waals surface area contributed by atoms with Gasteiger partial charge in [-0.2, -0.15) is 5.10 Å². The highest BCUT2D eigenvalue weighted by atomic mass is 32.2. The molecule has 128 valence electrons. The Bertz CT molecular complexity index is 731. The number of carbonyl (C=O) groups is 1. The molecular formula is C17H22N4OS2. The number of nitrogens with zero attached hydrogens (tertiary/aromatic N) is 2. The van der Waals surface area contributed by atoms with Crippen molar-refractivity contribution in [3.63, 3.8) is 0 Å². The summed E-state index contributed by atoms with van der Waals surface area (Å²) in [6, 6.07) is 0.279. The fourth-order valence-corrected chi connectivity index (χ4v) is 5.90. The summed E-state index contributed by atoms with van der Waals surface area (Å²) in [7, 11) is 0. The number of thioether (sulfide) groups is 1. The molecule has 2 aliphatic carbocycles. The molecule has 1 saturated carbocycles. The van der Waals surface area contributed by atoms with E-state index in [1.54, 1.807) is 11.3 Å². The Morgan fingerprint density at radius 1 is 1.33 bits per heavy atom. The number of thiazole rings is 1. The van der Waals surface area contributed by atoms with Gasteiger partial charge in [0.25, 0.3) is 5.91 Å². The second-order valence-electron chi connectivity index (χ2n) is 6.70. The van der Waals surface area contributed by atoms with Crippen LogP contribution in [0.3, 0.4) is 0 Å². The number of hydrogen-bond acceptors (Lipinski definition) is 5. The third-order valence-corrected chi connectivity index (χ3v) is 7.32. The van der Waals surface area contributed by atoms with Gasteiger partial charge in [0.05, 0.1) is 0 Å². The monoisotopic (exact) mass is 362 g/mol. The summed E-state index contributed by atoms with van der Waals surface area (Å²) in [5.41, 5.74) is 4.02. The predicted octanol–water partition coefficient (Wildman–Crippen LogP) is 3.50. The Hall–Kier alpha value is -1.34. The average molecular weight is 363 g/mol. The van der Waals surface area contributed by atoms with Gasteiger partial charge in [-0.15, -0.1) is 11.3 Å². The van der Waals surface area contributed by atoms with Crippen LogP contribution in [0, 0.1) is 6.92 Å². The molecule has 0 unspecified atom stereocenters. The molecule has 0 saturated heterocycles. The highest BCUT2D eigenvalue weighted by Crippen LogP contribution is 2.35. The molecule has 0 atom stereocenters. The van der Waals surface area contributed by atoms with Gasteiger partial charge in [0.15, 0.2) is 5.69 Å². The van der Waals surface area contributed by atoms with Crippen molar-refractivity contribution in [2.24, 2.45) is 0 Å². The first-order chi connectivity index (χ1) is 11.7. The standard InChI is InChI=1S/C17H22N4OS2/c1-10-9-23-17(18-10)24-12-7-5-11(6-8-12)19-16(22)15-13-3-2-4-14(13)20-21-15/h9,11-12H,2-8H2,1H3,(H,19,22)(H,20,21). The third-order valence-electron chi connectivity index (χ3n) is 4.90. The molecule has 2 heterocycles. The number of carbonyl (C=O) groups excluding carboxylic acids is 1. The number of hydrogen-bond donors (Lipinski definition) is 2. The van der Waals surface area contributed by atoms with Crippen LogP contribution in [0.15, 0.2) is 9.72 Å². The van der Waals surface area contributed by atoms with Crippen molar-refractivity contribution in [3.8, 4) is 0 Å². The minimum atomic E-state index is 0.000973. The summed E-state index contributed by atoms with van der Waals surface area (Å²) in [4.78, 5) is 17.0. The molecule has 1 amide bonds. The Kier molecular flexibility index (Phi) is 4.63. The van der Waals surface area contributed by atoms with Crippen LogP contribution >= 0.6 is 23.1 Å². The molecule has 2 aliphatic rings. The molecule has 0 bridgehead atoms. The minimum Gasteiger partial charge on any atom is -0.348 e. The van der Waals surface area contributed by atoms with Gasteiger partial charge in [0.1, 0.15) is 4.34 Å². The van der Waals surface area contributed by atoms with Crippen molar-refractivity contribution in [2.75, 3.05) is 0 Å². The van der Waals surface area contributed by atoms with E-state index in [2.05, 4.69) is 25.9 Å². The van der Waals surface area contributed by atoms with Gasteiger partial charge in [0.2, 0.25) is 0 Å². The Morgan fingerprint density at radius 3 is 2.92 bits per heavy atom. The van der Waals surface area contributed by atoms with Crippen LogP contribution in [0.4, 0.5) is 0 Å². The maximum atomic E-state index is 12.5. The van der Waals surface area contributed by atoms with Crippen molar-refractivity contribution in [3.05, 3.63) is 28.0 Å². The van der Waals surface area contributed by atoms with Crippen LogP contribution in [0.2, 0.25) is 0 Å². The van der Waals surface area contributed by atoms with Gasteiger partial charge in [0, 0.05) is 33.6 Å². The zero-order valence-corrected chi connectivity index (χ0v) is 15.4. The highest BCUT2D eigenvalue weighted by Gasteiger charge is 2.27. The Labute approximate surface area is 150 Å². The zero-order chi connectivity index (χ0) is 16.5. The first kappa shape index (κ1) is 16.1. The first-order valence-electron chi connectivity index (χ1n) is 8.65. The fraction of sp³-hybridized carbons (Fsp3) is 0.588. The number of H-pyrrole nitrogens is 1. The SMILES string of the molecule is Cc1csc(SC2CCC(NC(=O)c3n[nH]c4c3CCC4)CC2)n1. The van der Waals surface area contributed by atoms with Crippen LogP contribution in [0.5, 0.6) is 0 Å². The second kappa shape index (κ2) is 6.88. The lowest BCUT2D eigenvalue weighted by Crippen LogP contribution is -2.38. The van der Waals surface area contributed by atoms with E-state index in [9.17, 15) is 4.79 Å². The average Bonchev–Trinajstić information content (AvgIpc) is 3.26. The van der Waals surface area contributed by atoms with Crippen molar-refractivity contribution in [1.82, 2.24) is 20.5 Å². The summed E-state index contributed by atoms with van der Waals surface area (Å²) in [6.07, 6.45) is 7.47. The van der Waals surface area contributed by atoms with E-state index in [4.69, 9.17) is 0 Å². The number of aromatic amines is 1. The normalized spacial score (nSPS) is 23.2. The van der Waals surface area contributed by atoms with Gasteiger partial charge < -0.3 is 5.32 Å². The number of aromatic nitrogens is 3. The van der Waals surface area contributed by atoms with E-state index in [1.807, 2.05) is 18.7 Å². The summed E-state index contributed by atoms with van der Waals surface area (Å²) in [6.45, 7) is 2.04. The van der Waals surface area contributed by atoms with Crippen LogP contribution < -0.4 is 5.32 Å². The Balaban J connectivity index is 1.29. The third kappa shape index (κ3) is 3.37. The van der Waals surface area contributed by atoms with Gasteiger partial charge in [-0.1, -0.05) is 11.8 Å². The Morgan fingerprint density at radius 2 is 2.17 bits per heavy atom. The molecule has 4 rings (SSSR count). The van der Waals surface area contributed by atoms with E-state index in [-0.39, 0.29) is 11.9 Å². The molecule has 5 nitrogen and oxygen atoms in total. The zero-order valence-electron chi connectivity index (χ0n) is 13.8. The van der Waals surface area contributed by atoms with Crippen molar-refractivity contribution in [1.29, 1.82) is 0 Å². The first-order valence-corrected chi connectivity index (χ1v) is 10.4. The molecular weight excluding hydrogens is 340 g/mol. The predicted molar refractivity (Wildman–Crippen MR) is 96.8 cm³/mol. The number of fused-ring (bicyclic) bond motifs is 1. The number of nitrogens with one attached hydrogen (secondary N) is 2. The number of aryl methyl sites for hydroxylation is 2. The van der Waals surface area contributed by atoms with Crippen molar-refractivity contribution < 1.29 is 4.79 Å². The topological polar surface area (TPSA) is 70.7 Å². The molecule has 2 N–H and O–H groups in total. The molecule has 2 aromatic rings. The molecule has 7 heteroatoms. The van der Waals surface area contributed by atoms with Crippen LogP contribution in [0.25, 0.3) is 0 Å². The summed E-state index contributed by atoms with van der Waals surface area (Å²) < 4.78 is 1.17. The van der Waals surface area contributed by atoms with E-state index in [0.717, 1.165) is 61.9 Å². The fourth-order valence-electron chi connectivity index (χ4n) is 3.61. The maximum Gasteiger partial charge on any atom is 0.272 e. The molecule has 24 heavy (non-hydrogen) atoms. The molecule has 0 radical (unpaired) electrons. The van der Waals surface area contributed by atoms with Gasteiger partial charge >= 0.3 is 0 Å². The molecule has 0 aromatic carbocycles. The van der Waals surface area contributed by atoms with E-state index < -0.39 is 0 Å². The lowest BCUT2D eigenvalue weighted by Gasteiger charge is -2.28. The van der Waals surface area contributed by atoms with E-state index >= 15 is 0 Å². The smallest absolute Gasteiger partial charge is 0.272 e. The summed E-state index contributed by atoms with van der Waals surface area (Å²) >= 11 is 3.63. The molecule has 0 spiro atoms. The largest absolute Gasteiger partial charge is 0.348 e. The molecule has 1 fully saturated rings. The molecule has 0 aliphatic heterocycles. The van der Waals surface area contributed by atoms with Gasteiger partial charge in [-0.25, -0.2) is 4.98 Å². The highest BCUT2D eigenvalue weighted by molar-refractivity contribution is 8.01. The second-order valence-corrected chi connectivity index (χ2v) is 9.11.